The molecule has 3 heteroatoms. The lowest BCUT2D eigenvalue weighted by Gasteiger charge is -2.20. The maximum atomic E-state index is 5.53. The Morgan fingerprint density at radius 1 is 1.50 bits per heavy atom. The van der Waals surface area contributed by atoms with Gasteiger partial charge < -0.3 is 9.64 Å². The van der Waals surface area contributed by atoms with Gasteiger partial charge in [0.15, 0.2) is 0 Å². The van der Waals surface area contributed by atoms with E-state index in [1.165, 1.54) is 19.3 Å². The summed E-state index contributed by atoms with van der Waals surface area (Å²) in [6, 6.07) is 0. The first kappa shape index (κ1) is 9.52. The molecule has 0 amide bonds. The van der Waals surface area contributed by atoms with Crippen molar-refractivity contribution in [2.75, 3.05) is 27.2 Å². The molecule has 70 valence electrons. The van der Waals surface area contributed by atoms with Crippen molar-refractivity contribution in [2.24, 2.45) is 4.99 Å². The quantitative estimate of drug-likeness (QED) is 0.469. The number of rotatable bonds is 3. The summed E-state index contributed by atoms with van der Waals surface area (Å²) in [5.41, 5.74) is 0. The van der Waals surface area contributed by atoms with E-state index in [0.29, 0.717) is 6.10 Å². The minimum Gasteiger partial charge on any atom is -0.376 e. The molecule has 3 nitrogen and oxygen atoms in total. The first-order valence-electron chi connectivity index (χ1n) is 4.57. The van der Waals surface area contributed by atoms with Gasteiger partial charge in [0.2, 0.25) is 0 Å². The Labute approximate surface area is 74.4 Å². The molecule has 1 rings (SSSR count). The molecule has 1 aliphatic heterocycles. The summed E-state index contributed by atoms with van der Waals surface area (Å²) in [5, 5.41) is 0. The topological polar surface area (TPSA) is 24.8 Å². The number of hydrogen-bond acceptors (Lipinski definition) is 2. The van der Waals surface area contributed by atoms with Crippen molar-refractivity contribution in [1.29, 1.82) is 0 Å². The Kier molecular flexibility index (Phi) is 4.08. The van der Waals surface area contributed by atoms with Crippen molar-refractivity contribution in [1.82, 2.24) is 4.90 Å². The van der Waals surface area contributed by atoms with Crippen LogP contribution in [0.1, 0.15) is 19.3 Å². The van der Waals surface area contributed by atoms with E-state index in [1.807, 2.05) is 25.3 Å². The van der Waals surface area contributed by atoms with Crippen LogP contribution in [0.4, 0.5) is 0 Å². The number of aliphatic imine (C=N–C) groups is 1. The third-order valence-electron chi connectivity index (χ3n) is 1.90. The third-order valence-corrected chi connectivity index (χ3v) is 1.90. The van der Waals surface area contributed by atoms with Gasteiger partial charge in [-0.15, -0.1) is 0 Å². The van der Waals surface area contributed by atoms with E-state index < -0.39 is 0 Å². The van der Waals surface area contributed by atoms with E-state index >= 15 is 0 Å². The van der Waals surface area contributed by atoms with Crippen LogP contribution in [0.3, 0.4) is 0 Å². The SMILES string of the molecule is CN(C)C=NCC1CCCCO1. The Hall–Kier alpha value is -0.570. The van der Waals surface area contributed by atoms with E-state index in [0.717, 1.165) is 13.2 Å². The van der Waals surface area contributed by atoms with Gasteiger partial charge in [0.1, 0.15) is 0 Å². The zero-order chi connectivity index (χ0) is 8.81. The highest BCUT2D eigenvalue weighted by molar-refractivity contribution is 5.53. The van der Waals surface area contributed by atoms with Crippen LogP contribution in [0.5, 0.6) is 0 Å². The minimum atomic E-state index is 0.370. The molecular weight excluding hydrogens is 152 g/mol. The monoisotopic (exact) mass is 170 g/mol. The van der Waals surface area contributed by atoms with Gasteiger partial charge in [-0.2, -0.15) is 0 Å². The summed E-state index contributed by atoms with van der Waals surface area (Å²) < 4.78 is 5.53. The fourth-order valence-electron chi connectivity index (χ4n) is 1.28. The standard InChI is InChI=1S/C9H18N2O/c1-11(2)8-10-7-9-5-3-4-6-12-9/h8-9H,3-7H2,1-2H3. The molecule has 1 atom stereocenters. The Bertz CT molecular complexity index is 139. The molecule has 0 radical (unpaired) electrons. The predicted molar refractivity (Wildman–Crippen MR) is 50.6 cm³/mol. The second-order valence-corrected chi connectivity index (χ2v) is 3.43. The molecule has 0 aromatic carbocycles. The van der Waals surface area contributed by atoms with E-state index in [1.54, 1.807) is 0 Å². The molecule has 0 N–H and O–H groups in total. The third kappa shape index (κ3) is 3.72. The zero-order valence-electron chi connectivity index (χ0n) is 7.99. The summed E-state index contributed by atoms with van der Waals surface area (Å²) in [4.78, 5) is 6.22. The average Bonchev–Trinajstić information content (AvgIpc) is 2.05. The van der Waals surface area contributed by atoms with Gasteiger partial charge in [0.25, 0.3) is 0 Å². The normalized spacial score (nSPS) is 24.7. The summed E-state index contributed by atoms with van der Waals surface area (Å²) in [7, 11) is 3.95. The van der Waals surface area contributed by atoms with Gasteiger partial charge in [-0.3, -0.25) is 4.99 Å². The molecule has 0 bridgehead atoms. The van der Waals surface area contributed by atoms with E-state index in [9.17, 15) is 0 Å². The Morgan fingerprint density at radius 3 is 2.92 bits per heavy atom. The lowest BCUT2D eigenvalue weighted by molar-refractivity contribution is 0.0225. The maximum Gasteiger partial charge on any atom is 0.0845 e. The van der Waals surface area contributed by atoms with Crippen LogP contribution in [0.25, 0.3) is 0 Å². The van der Waals surface area contributed by atoms with Crippen LogP contribution >= 0.6 is 0 Å². The number of hydrogen-bond donors (Lipinski definition) is 0. The van der Waals surface area contributed by atoms with Gasteiger partial charge in [0.05, 0.1) is 19.0 Å². The fourth-order valence-corrected chi connectivity index (χ4v) is 1.28. The molecule has 12 heavy (non-hydrogen) atoms. The number of ether oxygens (including phenoxy) is 1. The van der Waals surface area contributed by atoms with Crippen LogP contribution in [0.2, 0.25) is 0 Å². The van der Waals surface area contributed by atoms with E-state index in [4.69, 9.17) is 4.74 Å². The van der Waals surface area contributed by atoms with Gasteiger partial charge in [-0.1, -0.05) is 0 Å². The smallest absolute Gasteiger partial charge is 0.0845 e. The van der Waals surface area contributed by atoms with Crippen LogP contribution in [0, 0.1) is 0 Å². The van der Waals surface area contributed by atoms with Gasteiger partial charge >= 0.3 is 0 Å². The molecule has 1 saturated heterocycles. The van der Waals surface area contributed by atoms with Crippen molar-refractivity contribution < 1.29 is 4.74 Å². The molecule has 1 fully saturated rings. The summed E-state index contributed by atoms with van der Waals surface area (Å²) in [6.07, 6.45) is 5.90. The molecule has 1 unspecified atom stereocenters. The molecule has 0 aliphatic carbocycles. The average molecular weight is 170 g/mol. The number of nitrogens with zero attached hydrogens (tertiary/aromatic N) is 2. The predicted octanol–water partition coefficient (Wildman–Crippen LogP) is 1.15. The lowest BCUT2D eigenvalue weighted by Crippen LogP contribution is -2.22. The fraction of sp³-hybridized carbons (Fsp3) is 0.889. The first-order chi connectivity index (χ1) is 5.79. The van der Waals surface area contributed by atoms with Gasteiger partial charge in [-0.05, 0) is 19.3 Å². The summed E-state index contributed by atoms with van der Waals surface area (Å²) in [6.45, 7) is 1.74. The lowest BCUT2D eigenvalue weighted by atomic mass is 10.1. The molecule has 1 aliphatic rings. The van der Waals surface area contributed by atoms with Gasteiger partial charge in [-0.25, -0.2) is 0 Å². The second kappa shape index (κ2) is 5.14. The highest BCUT2D eigenvalue weighted by atomic mass is 16.5. The molecular formula is C9H18N2O. The summed E-state index contributed by atoms with van der Waals surface area (Å²) >= 11 is 0. The van der Waals surface area contributed by atoms with Crippen LogP contribution in [0.15, 0.2) is 4.99 Å². The molecule has 0 aromatic heterocycles. The van der Waals surface area contributed by atoms with E-state index in [-0.39, 0.29) is 0 Å². The molecule has 0 saturated carbocycles. The van der Waals surface area contributed by atoms with Crippen molar-refractivity contribution >= 4 is 6.34 Å². The van der Waals surface area contributed by atoms with Crippen LogP contribution in [-0.2, 0) is 4.74 Å². The molecule has 0 spiro atoms. The van der Waals surface area contributed by atoms with Crippen LogP contribution in [-0.4, -0.2) is 44.6 Å². The largest absolute Gasteiger partial charge is 0.376 e. The molecule has 0 aromatic rings. The minimum absolute atomic E-state index is 0.370. The summed E-state index contributed by atoms with van der Waals surface area (Å²) in [5.74, 6) is 0. The maximum absolute atomic E-state index is 5.53. The first-order valence-corrected chi connectivity index (χ1v) is 4.57. The molecule has 1 heterocycles. The Morgan fingerprint density at radius 2 is 2.33 bits per heavy atom. The van der Waals surface area contributed by atoms with Gasteiger partial charge in [0, 0.05) is 20.7 Å². The van der Waals surface area contributed by atoms with E-state index in [2.05, 4.69) is 4.99 Å². The van der Waals surface area contributed by atoms with Crippen LogP contribution < -0.4 is 0 Å². The Balaban J connectivity index is 2.12. The van der Waals surface area contributed by atoms with Crippen molar-refractivity contribution in [3.8, 4) is 0 Å². The van der Waals surface area contributed by atoms with Crippen molar-refractivity contribution in [3.05, 3.63) is 0 Å². The highest BCUT2D eigenvalue weighted by Gasteiger charge is 2.11. The van der Waals surface area contributed by atoms with Crippen molar-refractivity contribution in [3.63, 3.8) is 0 Å². The zero-order valence-corrected chi connectivity index (χ0v) is 7.99. The van der Waals surface area contributed by atoms with Crippen molar-refractivity contribution in [2.45, 2.75) is 25.4 Å². The highest BCUT2D eigenvalue weighted by Crippen LogP contribution is 2.12. The second-order valence-electron chi connectivity index (χ2n) is 3.43.